The van der Waals surface area contributed by atoms with Crippen molar-refractivity contribution in [2.75, 3.05) is 0 Å². The molecule has 20 heavy (non-hydrogen) atoms. The Morgan fingerprint density at radius 3 is 3.00 bits per heavy atom. The van der Waals surface area contributed by atoms with Crippen molar-refractivity contribution in [1.82, 2.24) is 5.32 Å². The van der Waals surface area contributed by atoms with Gasteiger partial charge in [-0.3, -0.25) is 0 Å². The zero-order valence-corrected chi connectivity index (χ0v) is 11.5. The third kappa shape index (κ3) is 4.01. The Hall–Kier alpha value is -1.99. The second-order valence-corrected chi connectivity index (χ2v) is 5.39. The van der Waals surface area contributed by atoms with E-state index in [1.807, 2.05) is 31.2 Å². The van der Waals surface area contributed by atoms with Crippen LogP contribution in [0.4, 0.5) is 4.79 Å². The van der Waals surface area contributed by atoms with E-state index in [0.717, 1.165) is 24.0 Å². The van der Waals surface area contributed by atoms with E-state index < -0.39 is 11.7 Å². The molecule has 2 unspecified atom stereocenters. The van der Waals surface area contributed by atoms with Crippen molar-refractivity contribution in [1.29, 1.82) is 0 Å². The van der Waals surface area contributed by atoms with E-state index in [-0.39, 0.29) is 6.04 Å². The molecule has 0 aliphatic heterocycles. The normalized spacial score (nSPS) is 25.4. The first-order chi connectivity index (χ1) is 9.47. The first kappa shape index (κ1) is 14.4. The predicted molar refractivity (Wildman–Crippen MR) is 76.4 cm³/mol. The van der Waals surface area contributed by atoms with E-state index in [9.17, 15) is 9.90 Å². The van der Waals surface area contributed by atoms with Crippen LogP contribution in [0, 0.1) is 18.8 Å². The fourth-order valence-corrected chi connectivity index (χ4v) is 2.58. The summed E-state index contributed by atoms with van der Waals surface area (Å²) in [7, 11) is 0. The number of hydrogen-bond donors (Lipinski definition) is 3. The van der Waals surface area contributed by atoms with Crippen molar-refractivity contribution >= 4 is 6.09 Å². The molecule has 2 rings (SSSR count). The third-order valence-corrected chi connectivity index (χ3v) is 3.51. The molecule has 0 aromatic heterocycles. The average molecular weight is 273 g/mol. The summed E-state index contributed by atoms with van der Waals surface area (Å²) in [6.45, 7) is 1.99. The van der Waals surface area contributed by atoms with Gasteiger partial charge in [0.1, 0.15) is 5.60 Å². The van der Waals surface area contributed by atoms with Gasteiger partial charge >= 0.3 is 6.09 Å². The summed E-state index contributed by atoms with van der Waals surface area (Å²) in [5.41, 5.74) is 0.888. The van der Waals surface area contributed by atoms with Crippen LogP contribution >= 0.6 is 0 Å². The fourth-order valence-electron chi connectivity index (χ4n) is 2.58. The van der Waals surface area contributed by atoms with Crippen molar-refractivity contribution < 1.29 is 15.0 Å². The van der Waals surface area contributed by atoms with E-state index in [1.165, 1.54) is 0 Å². The van der Waals surface area contributed by atoms with Crippen LogP contribution in [-0.2, 0) is 0 Å². The van der Waals surface area contributed by atoms with Crippen LogP contribution in [0.1, 0.15) is 36.8 Å². The number of rotatable bonds is 1. The molecule has 1 fully saturated rings. The summed E-state index contributed by atoms with van der Waals surface area (Å²) in [6.07, 6.45) is 1.40. The lowest BCUT2D eigenvalue weighted by atomic mass is 9.82. The van der Waals surface area contributed by atoms with Crippen LogP contribution in [0.25, 0.3) is 0 Å². The number of carbonyl (C=O) groups is 1. The van der Waals surface area contributed by atoms with E-state index in [1.54, 1.807) is 0 Å². The summed E-state index contributed by atoms with van der Waals surface area (Å²) in [6, 6.07) is 7.57. The molecule has 0 heterocycles. The molecule has 106 valence electrons. The Balaban J connectivity index is 2.09. The molecule has 0 bridgehead atoms. The standard InChI is InChI=1S/C16H19NO3/c1-12-4-2-5-13(10-12)7-9-16(20)8-3-6-14(11-16)17-15(18)19/h2,4-5,10,14,17,20H,3,6,8,11H2,1H3,(H,18,19). The van der Waals surface area contributed by atoms with Crippen molar-refractivity contribution in [2.24, 2.45) is 0 Å². The quantitative estimate of drug-likeness (QED) is 0.688. The molecule has 1 aliphatic rings. The van der Waals surface area contributed by atoms with E-state index >= 15 is 0 Å². The molecule has 2 atom stereocenters. The third-order valence-electron chi connectivity index (χ3n) is 3.51. The summed E-state index contributed by atoms with van der Waals surface area (Å²) in [5, 5.41) is 21.7. The Morgan fingerprint density at radius 2 is 2.30 bits per heavy atom. The minimum absolute atomic E-state index is 0.224. The minimum Gasteiger partial charge on any atom is -0.465 e. The fraction of sp³-hybridized carbons (Fsp3) is 0.438. The highest BCUT2D eigenvalue weighted by Crippen LogP contribution is 2.28. The topological polar surface area (TPSA) is 69.6 Å². The van der Waals surface area contributed by atoms with E-state index in [2.05, 4.69) is 17.2 Å². The molecule has 0 radical (unpaired) electrons. The van der Waals surface area contributed by atoms with Gasteiger partial charge in [-0.05, 0) is 43.9 Å². The van der Waals surface area contributed by atoms with E-state index in [4.69, 9.17) is 5.11 Å². The molecule has 4 nitrogen and oxygen atoms in total. The zero-order chi connectivity index (χ0) is 14.6. The van der Waals surface area contributed by atoms with Gasteiger partial charge in [-0.1, -0.05) is 24.0 Å². The van der Waals surface area contributed by atoms with Gasteiger partial charge in [0, 0.05) is 18.0 Å². The Kier molecular flexibility index (Phi) is 4.31. The van der Waals surface area contributed by atoms with Crippen LogP contribution in [0.3, 0.4) is 0 Å². The predicted octanol–water partition coefficient (Wildman–Crippen LogP) is 2.29. The van der Waals surface area contributed by atoms with Gasteiger partial charge in [-0.15, -0.1) is 0 Å². The summed E-state index contributed by atoms with van der Waals surface area (Å²) >= 11 is 0. The number of nitrogens with one attached hydrogen (secondary N) is 1. The van der Waals surface area contributed by atoms with Gasteiger partial charge in [0.2, 0.25) is 0 Å². The maximum atomic E-state index is 10.7. The van der Waals surface area contributed by atoms with Gasteiger partial charge in [0.25, 0.3) is 0 Å². The second-order valence-electron chi connectivity index (χ2n) is 5.39. The highest BCUT2D eigenvalue weighted by atomic mass is 16.4. The van der Waals surface area contributed by atoms with Crippen molar-refractivity contribution in [2.45, 2.75) is 44.2 Å². The summed E-state index contributed by atoms with van der Waals surface area (Å²) < 4.78 is 0. The molecule has 1 aliphatic carbocycles. The number of carboxylic acid groups (broad SMARTS) is 1. The number of aryl methyl sites for hydroxylation is 1. The van der Waals surface area contributed by atoms with Crippen LogP contribution in [0.5, 0.6) is 0 Å². The average Bonchev–Trinajstić information content (AvgIpc) is 2.36. The summed E-state index contributed by atoms with van der Waals surface area (Å²) in [5.74, 6) is 5.91. The Bertz CT molecular complexity index is 558. The number of hydrogen-bond acceptors (Lipinski definition) is 2. The Labute approximate surface area is 118 Å². The maximum absolute atomic E-state index is 10.7. The molecule has 3 N–H and O–H groups in total. The molecule has 1 aromatic rings. The zero-order valence-electron chi connectivity index (χ0n) is 11.5. The molecule has 1 saturated carbocycles. The molecular formula is C16H19NO3. The molecule has 1 amide bonds. The molecule has 1 aromatic carbocycles. The molecule has 4 heteroatoms. The minimum atomic E-state index is -1.10. The monoisotopic (exact) mass is 273 g/mol. The van der Waals surface area contributed by atoms with Crippen LogP contribution < -0.4 is 5.32 Å². The lowest BCUT2D eigenvalue weighted by Gasteiger charge is -2.32. The van der Waals surface area contributed by atoms with Crippen molar-refractivity contribution in [3.05, 3.63) is 35.4 Å². The first-order valence-electron chi connectivity index (χ1n) is 6.78. The lowest BCUT2D eigenvalue weighted by molar-refractivity contribution is 0.0470. The first-order valence-corrected chi connectivity index (χ1v) is 6.78. The van der Waals surface area contributed by atoms with Crippen LogP contribution in [0.15, 0.2) is 24.3 Å². The van der Waals surface area contributed by atoms with Gasteiger partial charge in [-0.2, -0.15) is 0 Å². The van der Waals surface area contributed by atoms with Gasteiger partial charge in [0.15, 0.2) is 0 Å². The number of amides is 1. The van der Waals surface area contributed by atoms with Gasteiger partial charge in [-0.25, -0.2) is 4.79 Å². The molecule has 0 saturated heterocycles. The van der Waals surface area contributed by atoms with Gasteiger partial charge in [0.05, 0.1) is 0 Å². The van der Waals surface area contributed by atoms with Gasteiger partial charge < -0.3 is 15.5 Å². The van der Waals surface area contributed by atoms with E-state index in [0.29, 0.717) is 12.8 Å². The molecule has 0 spiro atoms. The number of benzene rings is 1. The number of aliphatic hydroxyl groups is 1. The van der Waals surface area contributed by atoms with Crippen LogP contribution in [0.2, 0.25) is 0 Å². The SMILES string of the molecule is Cc1cccc(C#CC2(O)CCCC(NC(=O)O)C2)c1. The highest BCUT2D eigenvalue weighted by Gasteiger charge is 2.33. The lowest BCUT2D eigenvalue weighted by Crippen LogP contribution is -2.44. The maximum Gasteiger partial charge on any atom is 0.404 e. The van der Waals surface area contributed by atoms with Crippen molar-refractivity contribution in [3.8, 4) is 11.8 Å². The van der Waals surface area contributed by atoms with Crippen LogP contribution in [-0.4, -0.2) is 27.9 Å². The largest absolute Gasteiger partial charge is 0.465 e. The smallest absolute Gasteiger partial charge is 0.404 e. The highest BCUT2D eigenvalue weighted by molar-refractivity contribution is 5.64. The molecular weight excluding hydrogens is 254 g/mol. The second kappa shape index (κ2) is 5.98. The van der Waals surface area contributed by atoms with Crippen molar-refractivity contribution in [3.63, 3.8) is 0 Å². The Morgan fingerprint density at radius 1 is 1.50 bits per heavy atom. The summed E-state index contributed by atoms with van der Waals surface area (Å²) in [4.78, 5) is 10.7.